The fourth-order valence-electron chi connectivity index (χ4n) is 1.37. The lowest BCUT2D eigenvalue weighted by Crippen LogP contribution is -2.10. The van der Waals surface area contributed by atoms with E-state index in [1.54, 1.807) is 6.92 Å². The molecule has 100 valence electrons. The van der Waals surface area contributed by atoms with E-state index in [1.807, 2.05) is 0 Å². The summed E-state index contributed by atoms with van der Waals surface area (Å²) in [5, 5.41) is 0. The Labute approximate surface area is 117 Å². The summed E-state index contributed by atoms with van der Waals surface area (Å²) >= 11 is 8.68. The Morgan fingerprint density at radius 1 is 1.61 bits per heavy atom. The predicted octanol–water partition coefficient (Wildman–Crippen LogP) is 3.63. The van der Waals surface area contributed by atoms with Crippen molar-refractivity contribution in [1.82, 2.24) is 4.98 Å². The minimum atomic E-state index is -2.68. The van der Waals surface area contributed by atoms with E-state index in [0.717, 1.165) is 0 Å². The highest BCUT2D eigenvalue weighted by atomic mass is 79.9. The minimum absolute atomic E-state index is 0.103. The van der Waals surface area contributed by atoms with Crippen LogP contribution in [0.15, 0.2) is 10.7 Å². The summed E-state index contributed by atoms with van der Waals surface area (Å²) in [4.78, 5) is 15.2. The monoisotopic (exact) mass is 341 g/mol. The molecule has 18 heavy (non-hydrogen) atoms. The lowest BCUT2D eigenvalue weighted by molar-refractivity contribution is -0.142. The van der Waals surface area contributed by atoms with Crippen molar-refractivity contribution in [2.24, 2.45) is 0 Å². The first-order chi connectivity index (χ1) is 8.49. The number of carbonyl (C=O) groups is 1. The molecule has 3 nitrogen and oxygen atoms in total. The Bertz CT molecular complexity index is 443. The number of pyridine rings is 1. The Hall–Kier alpha value is -0.750. The average Bonchev–Trinajstić information content (AvgIpc) is 2.31. The Morgan fingerprint density at radius 3 is 2.78 bits per heavy atom. The smallest absolute Gasteiger partial charge is 0.310 e. The number of aromatic nitrogens is 1. The fraction of sp³-hybridized carbons (Fsp3) is 0.455. The molecular formula is C11H11BrClF2NO2. The number of esters is 1. The van der Waals surface area contributed by atoms with E-state index in [1.165, 1.54) is 6.07 Å². The fourth-order valence-corrected chi connectivity index (χ4v) is 2.06. The summed E-state index contributed by atoms with van der Waals surface area (Å²) in [6, 6.07) is 1.23. The average molecular weight is 343 g/mol. The quantitative estimate of drug-likeness (QED) is 0.466. The normalized spacial score (nSPS) is 10.8. The maximum Gasteiger partial charge on any atom is 0.310 e. The number of rotatable bonds is 5. The molecule has 1 rings (SSSR count). The minimum Gasteiger partial charge on any atom is -0.466 e. The van der Waals surface area contributed by atoms with Crippen LogP contribution in [0, 0.1) is 0 Å². The highest BCUT2D eigenvalue weighted by Crippen LogP contribution is 2.27. The molecule has 0 aliphatic carbocycles. The molecule has 1 aromatic rings. The van der Waals surface area contributed by atoms with Gasteiger partial charge in [0, 0.05) is 5.56 Å². The van der Waals surface area contributed by atoms with Gasteiger partial charge >= 0.3 is 5.97 Å². The molecule has 0 amide bonds. The van der Waals surface area contributed by atoms with Gasteiger partial charge in [-0.25, -0.2) is 13.8 Å². The maximum atomic E-state index is 12.8. The van der Waals surface area contributed by atoms with Crippen LogP contribution in [0.5, 0.6) is 0 Å². The lowest BCUT2D eigenvalue weighted by Gasteiger charge is -2.10. The van der Waals surface area contributed by atoms with Gasteiger partial charge in [0.15, 0.2) is 0 Å². The zero-order valence-electron chi connectivity index (χ0n) is 9.55. The first-order valence-electron chi connectivity index (χ1n) is 5.17. The zero-order valence-corrected chi connectivity index (χ0v) is 11.9. The highest BCUT2D eigenvalue weighted by Gasteiger charge is 2.18. The van der Waals surface area contributed by atoms with Gasteiger partial charge in [-0.2, -0.15) is 0 Å². The van der Waals surface area contributed by atoms with Crippen LogP contribution in [-0.4, -0.2) is 17.6 Å². The molecule has 0 atom stereocenters. The van der Waals surface area contributed by atoms with Crippen molar-refractivity contribution >= 4 is 33.5 Å². The first kappa shape index (κ1) is 15.3. The topological polar surface area (TPSA) is 39.2 Å². The van der Waals surface area contributed by atoms with Gasteiger partial charge in [-0.3, -0.25) is 4.79 Å². The van der Waals surface area contributed by atoms with Crippen molar-refractivity contribution in [2.45, 2.75) is 25.7 Å². The van der Waals surface area contributed by atoms with Crippen LogP contribution in [0.4, 0.5) is 8.78 Å². The third-order valence-corrected chi connectivity index (χ3v) is 3.10. The second-order valence-electron chi connectivity index (χ2n) is 3.39. The van der Waals surface area contributed by atoms with Crippen LogP contribution >= 0.6 is 27.5 Å². The zero-order chi connectivity index (χ0) is 13.7. The number of hydrogen-bond acceptors (Lipinski definition) is 3. The Morgan fingerprint density at radius 2 is 2.28 bits per heavy atom. The summed E-state index contributed by atoms with van der Waals surface area (Å²) in [6.07, 6.45) is -2.79. The molecule has 0 aliphatic heterocycles. The van der Waals surface area contributed by atoms with E-state index >= 15 is 0 Å². The molecule has 0 radical (unpaired) electrons. The Balaban J connectivity index is 3.05. The molecule has 0 saturated carbocycles. The standard InChI is InChI=1S/C11H11BrClF2NO2/c1-2-18-9(17)4-6-3-7(11(14)15)8(5-13)16-10(6)12/h3,11H,2,4-5H2,1H3. The molecule has 0 bridgehead atoms. The summed E-state index contributed by atoms with van der Waals surface area (Å²) in [7, 11) is 0. The van der Waals surface area contributed by atoms with Crippen molar-refractivity contribution in [1.29, 1.82) is 0 Å². The summed E-state index contributed by atoms with van der Waals surface area (Å²) in [5.74, 6) is -0.600. The summed E-state index contributed by atoms with van der Waals surface area (Å²) < 4.78 is 30.6. The highest BCUT2D eigenvalue weighted by molar-refractivity contribution is 9.10. The van der Waals surface area contributed by atoms with Crippen molar-refractivity contribution < 1.29 is 18.3 Å². The third kappa shape index (κ3) is 3.88. The largest absolute Gasteiger partial charge is 0.466 e. The molecule has 0 unspecified atom stereocenters. The number of halogens is 4. The van der Waals surface area contributed by atoms with Crippen molar-refractivity contribution in [3.05, 3.63) is 27.5 Å². The molecule has 1 aromatic heterocycles. The molecule has 1 heterocycles. The maximum absolute atomic E-state index is 12.8. The van der Waals surface area contributed by atoms with Crippen LogP contribution in [-0.2, 0) is 21.8 Å². The molecule has 0 N–H and O–H groups in total. The van der Waals surface area contributed by atoms with Gasteiger partial charge < -0.3 is 4.74 Å². The van der Waals surface area contributed by atoms with E-state index in [2.05, 4.69) is 20.9 Å². The van der Waals surface area contributed by atoms with E-state index in [0.29, 0.717) is 10.2 Å². The molecule has 0 spiro atoms. The van der Waals surface area contributed by atoms with Crippen molar-refractivity contribution in [3.8, 4) is 0 Å². The molecular weight excluding hydrogens is 331 g/mol. The number of alkyl halides is 3. The van der Waals surface area contributed by atoms with E-state index in [4.69, 9.17) is 16.3 Å². The van der Waals surface area contributed by atoms with E-state index in [9.17, 15) is 13.6 Å². The van der Waals surface area contributed by atoms with Gasteiger partial charge in [0.25, 0.3) is 6.43 Å². The third-order valence-electron chi connectivity index (χ3n) is 2.16. The van der Waals surface area contributed by atoms with Crippen LogP contribution in [0.25, 0.3) is 0 Å². The SMILES string of the molecule is CCOC(=O)Cc1cc(C(F)F)c(CCl)nc1Br. The molecule has 7 heteroatoms. The van der Waals surface area contributed by atoms with Crippen LogP contribution in [0.3, 0.4) is 0 Å². The molecule has 0 fully saturated rings. The van der Waals surface area contributed by atoms with Gasteiger partial charge in [0.1, 0.15) is 4.60 Å². The number of hydrogen-bond donors (Lipinski definition) is 0. The van der Waals surface area contributed by atoms with Gasteiger partial charge in [0.2, 0.25) is 0 Å². The summed E-state index contributed by atoms with van der Waals surface area (Å²) in [6.45, 7) is 1.91. The second kappa shape index (κ2) is 6.99. The molecule has 0 aliphatic rings. The first-order valence-corrected chi connectivity index (χ1v) is 6.50. The van der Waals surface area contributed by atoms with Gasteiger partial charge in [0.05, 0.1) is 24.6 Å². The summed E-state index contributed by atoms with van der Waals surface area (Å²) in [5.41, 5.74) is 0.205. The predicted molar refractivity (Wildman–Crippen MR) is 66.8 cm³/mol. The van der Waals surface area contributed by atoms with Crippen molar-refractivity contribution in [3.63, 3.8) is 0 Å². The molecule has 0 aromatic carbocycles. The van der Waals surface area contributed by atoms with Gasteiger partial charge in [-0.1, -0.05) is 0 Å². The van der Waals surface area contributed by atoms with Crippen molar-refractivity contribution in [2.75, 3.05) is 6.61 Å². The second-order valence-corrected chi connectivity index (χ2v) is 4.41. The lowest BCUT2D eigenvalue weighted by atomic mass is 10.1. The van der Waals surface area contributed by atoms with E-state index < -0.39 is 12.4 Å². The van der Waals surface area contributed by atoms with Crippen LogP contribution in [0.2, 0.25) is 0 Å². The van der Waals surface area contributed by atoms with Gasteiger partial charge in [-0.15, -0.1) is 11.6 Å². The van der Waals surface area contributed by atoms with Gasteiger partial charge in [-0.05, 0) is 34.5 Å². The number of ether oxygens (including phenoxy) is 1. The number of nitrogens with zero attached hydrogens (tertiary/aromatic N) is 1. The van der Waals surface area contributed by atoms with E-state index in [-0.39, 0.29) is 30.2 Å². The molecule has 0 saturated heterocycles. The van der Waals surface area contributed by atoms with Crippen LogP contribution in [0.1, 0.15) is 30.2 Å². The van der Waals surface area contributed by atoms with Crippen LogP contribution < -0.4 is 0 Å². The number of carbonyl (C=O) groups excluding carboxylic acids is 1. The Kier molecular flexibility index (Phi) is 5.95.